The van der Waals surface area contributed by atoms with Crippen LogP contribution in [-0.4, -0.2) is 45.8 Å². The van der Waals surface area contributed by atoms with E-state index in [1.54, 1.807) is 0 Å². The second-order valence-corrected chi connectivity index (χ2v) is 14.8. The van der Waals surface area contributed by atoms with Crippen molar-refractivity contribution in [2.24, 2.45) is 0 Å². The van der Waals surface area contributed by atoms with Crippen molar-refractivity contribution in [1.29, 1.82) is 0 Å². The van der Waals surface area contributed by atoms with Gasteiger partial charge in [-0.1, -0.05) is 39.0 Å². The molecule has 0 aromatic heterocycles. The number of halogens is 2. The lowest BCUT2D eigenvalue weighted by Gasteiger charge is -2.37. The maximum absolute atomic E-state index is 14.6. The van der Waals surface area contributed by atoms with Crippen LogP contribution < -0.4 is 5.32 Å². The normalized spacial score (nSPS) is 14.6. The van der Waals surface area contributed by atoms with Gasteiger partial charge in [0.25, 0.3) is 0 Å². The molecule has 154 valence electrons. The molecule has 0 aliphatic rings. The lowest BCUT2D eigenvalue weighted by molar-refractivity contribution is 0.0596. The lowest BCUT2D eigenvalue weighted by atomic mass is 10.2. The van der Waals surface area contributed by atoms with Crippen molar-refractivity contribution in [3.63, 3.8) is 0 Å². The van der Waals surface area contributed by atoms with E-state index in [0.717, 1.165) is 12.1 Å². The number of carboxylic acid groups (broad SMARTS) is 1. The molecule has 0 saturated heterocycles. The number of hydrogen-bond acceptors (Lipinski definition) is 4. The van der Waals surface area contributed by atoms with Crippen molar-refractivity contribution in [3.8, 4) is 0 Å². The first-order valence-corrected chi connectivity index (χ1v) is 12.8. The first-order chi connectivity index (χ1) is 12.1. The van der Waals surface area contributed by atoms with Crippen LogP contribution >= 0.6 is 0 Å². The van der Waals surface area contributed by atoms with Gasteiger partial charge in [0.05, 0.1) is 17.5 Å². The van der Waals surface area contributed by atoms with Gasteiger partial charge in [-0.05, 0) is 30.3 Å². The zero-order valence-corrected chi connectivity index (χ0v) is 17.9. The number of nitrogens with one attached hydrogen (secondary N) is 1. The van der Waals surface area contributed by atoms with Crippen LogP contribution in [0.5, 0.6) is 0 Å². The molecule has 1 atom stereocenters. The van der Waals surface area contributed by atoms with E-state index >= 15 is 0 Å². The van der Waals surface area contributed by atoms with Gasteiger partial charge < -0.3 is 14.8 Å². The van der Waals surface area contributed by atoms with Crippen LogP contribution in [-0.2, 0) is 14.3 Å². The maximum Gasteiger partial charge on any atom is 0.404 e. The summed E-state index contributed by atoms with van der Waals surface area (Å²) in [6.45, 7) is 9.31. The standard InChI is InChI=1S/C17H27F2NO5SSi/c1-16(2,3)27(4,5)25-12-13(20-15(21)22)11-17(18,19)26(23,24)14-9-7-6-8-10-14/h6-10,13,20H,11-12H2,1-5H3,(H,21,22)/t13-/m0/s1. The van der Waals surface area contributed by atoms with Crippen molar-refractivity contribution >= 4 is 24.2 Å². The van der Waals surface area contributed by atoms with Gasteiger partial charge in [0, 0.05) is 6.42 Å². The molecule has 0 aliphatic heterocycles. The zero-order valence-electron chi connectivity index (χ0n) is 16.1. The van der Waals surface area contributed by atoms with E-state index in [1.807, 2.05) is 39.2 Å². The zero-order chi connectivity index (χ0) is 21.1. The molecule has 2 N–H and O–H groups in total. The lowest BCUT2D eigenvalue weighted by Crippen LogP contribution is -2.48. The van der Waals surface area contributed by atoms with Crippen LogP contribution in [0.2, 0.25) is 18.1 Å². The Morgan fingerprint density at radius 3 is 2.19 bits per heavy atom. The molecule has 1 aromatic rings. The van der Waals surface area contributed by atoms with Crippen molar-refractivity contribution in [3.05, 3.63) is 30.3 Å². The number of amides is 1. The number of rotatable bonds is 8. The minimum Gasteiger partial charge on any atom is -0.465 e. The number of hydrogen-bond donors (Lipinski definition) is 2. The Morgan fingerprint density at radius 1 is 1.22 bits per heavy atom. The van der Waals surface area contributed by atoms with Crippen molar-refractivity contribution in [2.45, 2.75) is 61.5 Å². The second-order valence-electron chi connectivity index (χ2n) is 7.88. The van der Waals surface area contributed by atoms with Crippen LogP contribution in [0.3, 0.4) is 0 Å². The average Bonchev–Trinajstić information content (AvgIpc) is 2.51. The van der Waals surface area contributed by atoms with E-state index in [4.69, 9.17) is 9.53 Å². The molecule has 0 saturated carbocycles. The van der Waals surface area contributed by atoms with E-state index in [1.165, 1.54) is 18.2 Å². The molecule has 6 nitrogen and oxygen atoms in total. The van der Waals surface area contributed by atoms with Gasteiger partial charge >= 0.3 is 11.3 Å². The molecular formula is C17H27F2NO5SSi. The molecule has 0 unspecified atom stereocenters. The van der Waals surface area contributed by atoms with E-state index in [0.29, 0.717) is 0 Å². The largest absolute Gasteiger partial charge is 0.465 e. The fraction of sp³-hybridized carbons (Fsp3) is 0.588. The molecule has 0 aliphatic carbocycles. The summed E-state index contributed by atoms with van der Waals surface area (Å²) in [5, 5.41) is 6.53. The van der Waals surface area contributed by atoms with Crippen LogP contribution in [0.1, 0.15) is 27.2 Å². The van der Waals surface area contributed by atoms with E-state index in [-0.39, 0.29) is 11.6 Å². The number of carbonyl (C=O) groups is 1. The van der Waals surface area contributed by atoms with Gasteiger partial charge in [-0.25, -0.2) is 13.2 Å². The Morgan fingerprint density at radius 2 is 1.74 bits per heavy atom. The highest BCUT2D eigenvalue weighted by Gasteiger charge is 2.48. The Bertz CT molecular complexity index is 748. The molecule has 1 aromatic carbocycles. The summed E-state index contributed by atoms with van der Waals surface area (Å²) in [6.07, 6.45) is -2.74. The fourth-order valence-corrected chi connectivity index (χ4v) is 4.35. The molecule has 0 heterocycles. The van der Waals surface area contributed by atoms with Crippen LogP contribution in [0.4, 0.5) is 13.6 Å². The molecule has 10 heteroatoms. The van der Waals surface area contributed by atoms with E-state index in [2.05, 4.69) is 0 Å². The molecule has 0 fully saturated rings. The summed E-state index contributed by atoms with van der Waals surface area (Å²) >= 11 is 0. The summed E-state index contributed by atoms with van der Waals surface area (Å²) < 4.78 is 59.5. The van der Waals surface area contributed by atoms with Crippen LogP contribution in [0, 0.1) is 0 Å². The minimum absolute atomic E-state index is 0.209. The third-order valence-electron chi connectivity index (χ3n) is 4.71. The summed E-state index contributed by atoms with van der Waals surface area (Å²) in [5.41, 5.74) is 0. The monoisotopic (exact) mass is 423 g/mol. The SMILES string of the molecule is CC(C)(C)[Si](C)(C)OC[C@H](CC(F)(F)S(=O)(=O)c1ccccc1)NC(=O)O. The first kappa shape index (κ1) is 23.5. The molecule has 27 heavy (non-hydrogen) atoms. The minimum atomic E-state index is -4.96. The molecule has 1 amide bonds. The van der Waals surface area contributed by atoms with Gasteiger partial charge in [0.15, 0.2) is 8.32 Å². The van der Waals surface area contributed by atoms with Gasteiger partial charge in [-0.2, -0.15) is 8.78 Å². The third-order valence-corrected chi connectivity index (χ3v) is 11.1. The Labute approximate surface area is 160 Å². The topological polar surface area (TPSA) is 92.7 Å². The van der Waals surface area contributed by atoms with Gasteiger partial charge in [0.2, 0.25) is 9.84 Å². The molecule has 0 radical (unpaired) electrons. The summed E-state index contributed by atoms with van der Waals surface area (Å²) in [4.78, 5) is 10.5. The highest BCUT2D eigenvalue weighted by Crippen LogP contribution is 2.37. The number of sulfone groups is 1. The van der Waals surface area contributed by atoms with Crippen LogP contribution in [0.15, 0.2) is 35.2 Å². The predicted molar refractivity (Wildman–Crippen MR) is 101 cm³/mol. The van der Waals surface area contributed by atoms with Crippen molar-refractivity contribution < 1.29 is 31.5 Å². The first-order valence-electron chi connectivity index (χ1n) is 8.41. The Balaban J connectivity index is 3.03. The molecule has 1 rings (SSSR count). The van der Waals surface area contributed by atoms with Gasteiger partial charge in [-0.15, -0.1) is 0 Å². The van der Waals surface area contributed by atoms with Gasteiger partial charge in [0.1, 0.15) is 0 Å². The predicted octanol–water partition coefficient (Wildman–Crippen LogP) is 4.10. The summed E-state index contributed by atoms with van der Waals surface area (Å²) in [6, 6.07) is 4.99. The number of alkyl halides is 2. The fourth-order valence-electron chi connectivity index (χ4n) is 2.02. The Kier molecular flexibility index (Phi) is 7.17. The molecule has 0 spiro atoms. The summed E-state index contributed by atoms with van der Waals surface area (Å²) in [5.74, 6) is 0. The Hall–Kier alpha value is -1.52. The van der Waals surface area contributed by atoms with Crippen LogP contribution in [0.25, 0.3) is 0 Å². The maximum atomic E-state index is 14.6. The number of benzene rings is 1. The third kappa shape index (κ3) is 5.98. The molecular weight excluding hydrogens is 396 g/mol. The van der Waals surface area contributed by atoms with Crippen molar-refractivity contribution in [2.75, 3.05) is 6.61 Å². The smallest absolute Gasteiger partial charge is 0.404 e. The quantitative estimate of drug-likeness (QED) is 0.614. The van der Waals surface area contributed by atoms with Gasteiger partial charge in [-0.3, -0.25) is 0 Å². The highest BCUT2D eigenvalue weighted by atomic mass is 32.2. The highest BCUT2D eigenvalue weighted by molar-refractivity contribution is 7.92. The average molecular weight is 424 g/mol. The summed E-state index contributed by atoms with van der Waals surface area (Å²) in [7, 11) is -7.29. The van der Waals surface area contributed by atoms with E-state index in [9.17, 15) is 22.0 Å². The van der Waals surface area contributed by atoms with E-state index < -0.39 is 46.9 Å². The van der Waals surface area contributed by atoms with Crippen molar-refractivity contribution in [1.82, 2.24) is 5.32 Å². The second kappa shape index (κ2) is 8.23. The molecule has 0 bridgehead atoms.